The van der Waals surface area contributed by atoms with Crippen LogP contribution in [0.1, 0.15) is 27.9 Å². The normalized spacial score (nSPS) is 11.0. The molecule has 0 radical (unpaired) electrons. The molecule has 0 saturated heterocycles. The fourth-order valence-corrected chi connectivity index (χ4v) is 4.34. The highest BCUT2D eigenvalue weighted by molar-refractivity contribution is 5.42. The predicted octanol–water partition coefficient (Wildman–Crippen LogP) is 4.87. The van der Waals surface area contributed by atoms with Crippen LogP contribution >= 0.6 is 0 Å². The number of hydrogen-bond acceptors (Lipinski definition) is 3. The van der Waals surface area contributed by atoms with Gasteiger partial charge in [-0.25, -0.2) is 8.97 Å². The van der Waals surface area contributed by atoms with Crippen LogP contribution in [0.25, 0.3) is 5.78 Å². The van der Waals surface area contributed by atoms with Gasteiger partial charge in [0.05, 0.1) is 27.0 Å². The molecule has 0 aliphatic rings. The van der Waals surface area contributed by atoms with Gasteiger partial charge >= 0.3 is 5.78 Å². The maximum Gasteiger partial charge on any atom is 0.403 e. The Bertz CT molecular complexity index is 1390. The van der Waals surface area contributed by atoms with E-state index in [1.807, 2.05) is 30.5 Å². The third kappa shape index (κ3) is 4.64. The fourth-order valence-electron chi connectivity index (χ4n) is 4.34. The molecule has 0 N–H and O–H groups in total. The smallest absolute Gasteiger partial charge is 0.403 e. The summed E-state index contributed by atoms with van der Waals surface area (Å²) in [5.41, 5.74) is 6.04. The van der Waals surface area contributed by atoms with Crippen molar-refractivity contribution >= 4 is 5.78 Å². The van der Waals surface area contributed by atoms with Crippen molar-refractivity contribution in [3.8, 4) is 11.5 Å². The Labute approximate surface area is 199 Å². The second-order valence-corrected chi connectivity index (χ2v) is 8.37. The molecule has 0 aliphatic heterocycles. The lowest BCUT2D eigenvalue weighted by molar-refractivity contribution is -0.664. The number of nitrogens with zero attached hydrogens (tertiary/aromatic N) is 3. The van der Waals surface area contributed by atoms with Crippen LogP contribution in [0.3, 0.4) is 0 Å². The number of rotatable bonds is 8. The van der Waals surface area contributed by atoms with Gasteiger partial charge in [-0.05, 0) is 40.5 Å². The quantitative estimate of drug-likeness (QED) is 0.317. The van der Waals surface area contributed by atoms with Crippen LogP contribution in [0.2, 0.25) is 0 Å². The van der Waals surface area contributed by atoms with Gasteiger partial charge < -0.3 is 9.47 Å². The van der Waals surface area contributed by atoms with E-state index in [1.165, 1.54) is 27.9 Å². The molecule has 0 unspecified atom stereocenters. The second-order valence-electron chi connectivity index (χ2n) is 8.37. The van der Waals surface area contributed by atoms with Gasteiger partial charge in [-0.1, -0.05) is 59.6 Å². The van der Waals surface area contributed by atoms with Crippen molar-refractivity contribution in [1.29, 1.82) is 0 Å². The molecular weight excluding hydrogens is 422 g/mol. The first-order chi connectivity index (χ1) is 16.7. The molecule has 5 heteroatoms. The minimum atomic E-state index is 0.740. The highest BCUT2D eigenvalue weighted by atomic mass is 16.5. The van der Waals surface area contributed by atoms with E-state index in [0.29, 0.717) is 0 Å². The Morgan fingerprint density at radius 2 is 1.59 bits per heavy atom. The van der Waals surface area contributed by atoms with Crippen LogP contribution in [0.4, 0.5) is 0 Å². The SMILES string of the molecule is COc1ccc(C[n+]2cc(Cc3ccc(Cc4ccccc4)c(OC)c3)n3cccnc32)cc1. The molecule has 3 aromatic carbocycles. The van der Waals surface area contributed by atoms with Crippen LogP contribution < -0.4 is 14.0 Å². The lowest BCUT2D eigenvalue weighted by Gasteiger charge is -2.10. The number of benzene rings is 3. The Hall–Kier alpha value is -4.12. The summed E-state index contributed by atoms with van der Waals surface area (Å²) in [6.07, 6.45) is 7.74. The molecule has 0 amide bonds. The number of imidazole rings is 1. The summed E-state index contributed by atoms with van der Waals surface area (Å²) in [6.45, 7) is 0.740. The average Bonchev–Trinajstić information content (AvgIpc) is 3.23. The maximum absolute atomic E-state index is 5.75. The van der Waals surface area contributed by atoms with E-state index in [0.717, 1.165) is 36.7 Å². The van der Waals surface area contributed by atoms with Gasteiger partial charge in [0, 0.05) is 18.9 Å². The van der Waals surface area contributed by atoms with Gasteiger partial charge in [-0.15, -0.1) is 0 Å². The zero-order valence-corrected chi connectivity index (χ0v) is 19.5. The van der Waals surface area contributed by atoms with Crippen LogP contribution in [0.15, 0.2) is 97.5 Å². The molecule has 5 rings (SSSR count). The monoisotopic (exact) mass is 450 g/mol. The number of fused-ring (bicyclic) bond motifs is 1. The minimum absolute atomic E-state index is 0.740. The molecule has 2 heterocycles. The highest BCUT2D eigenvalue weighted by Gasteiger charge is 2.18. The lowest BCUT2D eigenvalue weighted by atomic mass is 10.0. The van der Waals surface area contributed by atoms with E-state index < -0.39 is 0 Å². The van der Waals surface area contributed by atoms with Crippen molar-refractivity contribution in [2.45, 2.75) is 19.4 Å². The second kappa shape index (κ2) is 9.79. The van der Waals surface area contributed by atoms with Crippen molar-refractivity contribution < 1.29 is 14.0 Å². The molecule has 5 nitrogen and oxygen atoms in total. The first-order valence-electron chi connectivity index (χ1n) is 11.4. The third-order valence-electron chi connectivity index (χ3n) is 6.08. The molecule has 5 aromatic rings. The zero-order valence-electron chi connectivity index (χ0n) is 19.5. The number of methoxy groups -OCH3 is 2. The van der Waals surface area contributed by atoms with E-state index in [2.05, 4.69) is 80.9 Å². The van der Waals surface area contributed by atoms with Crippen LogP contribution in [0, 0.1) is 0 Å². The molecule has 0 bridgehead atoms. The average molecular weight is 451 g/mol. The van der Waals surface area contributed by atoms with Crippen molar-refractivity contribution in [3.63, 3.8) is 0 Å². The van der Waals surface area contributed by atoms with Crippen LogP contribution in [-0.2, 0) is 19.4 Å². The first kappa shape index (κ1) is 21.7. The lowest BCUT2D eigenvalue weighted by Crippen LogP contribution is -2.33. The van der Waals surface area contributed by atoms with E-state index in [9.17, 15) is 0 Å². The Morgan fingerprint density at radius 1 is 0.794 bits per heavy atom. The summed E-state index contributed by atoms with van der Waals surface area (Å²) < 4.78 is 15.4. The largest absolute Gasteiger partial charge is 0.497 e. The summed E-state index contributed by atoms with van der Waals surface area (Å²) >= 11 is 0. The van der Waals surface area contributed by atoms with Crippen molar-refractivity contribution in [1.82, 2.24) is 9.38 Å². The molecule has 34 heavy (non-hydrogen) atoms. The third-order valence-corrected chi connectivity index (χ3v) is 6.08. The van der Waals surface area contributed by atoms with E-state index in [4.69, 9.17) is 9.47 Å². The van der Waals surface area contributed by atoms with E-state index >= 15 is 0 Å². The Morgan fingerprint density at radius 3 is 2.35 bits per heavy atom. The van der Waals surface area contributed by atoms with Gasteiger partial charge in [0.25, 0.3) is 0 Å². The van der Waals surface area contributed by atoms with Gasteiger partial charge in [0.15, 0.2) is 0 Å². The molecule has 0 saturated carbocycles. The van der Waals surface area contributed by atoms with Gasteiger partial charge in [-0.2, -0.15) is 0 Å². The molecular formula is C29H28N3O2+. The predicted molar refractivity (Wildman–Crippen MR) is 133 cm³/mol. The number of aromatic nitrogens is 3. The van der Waals surface area contributed by atoms with Crippen molar-refractivity contribution in [3.05, 3.63) is 125 Å². The molecule has 0 spiro atoms. The summed E-state index contributed by atoms with van der Waals surface area (Å²) in [5.74, 6) is 2.70. The van der Waals surface area contributed by atoms with Crippen molar-refractivity contribution in [2.75, 3.05) is 14.2 Å². The summed E-state index contributed by atoms with van der Waals surface area (Å²) in [5, 5.41) is 0. The first-order valence-corrected chi connectivity index (χ1v) is 11.4. The topological polar surface area (TPSA) is 39.6 Å². The van der Waals surface area contributed by atoms with Crippen LogP contribution in [0.5, 0.6) is 11.5 Å². The van der Waals surface area contributed by atoms with Gasteiger partial charge in [0.2, 0.25) is 0 Å². The summed E-state index contributed by atoms with van der Waals surface area (Å²) in [4.78, 5) is 4.64. The molecule has 0 aliphatic carbocycles. The van der Waals surface area contributed by atoms with E-state index in [-0.39, 0.29) is 0 Å². The summed E-state index contributed by atoms with van der Waals surface area (Å²) in [7, 11) is 3.43. The number of hydrogen-bond donors (Lipinski definition) is 0. The maximum atomic E-state index is 5.75. The van der Waals surface area contributed by atoms with Gasteiger partial charge in [-0.3, -0.25) is 0 Å². The summed E-state index contributed by atoms with van der Waals surface area (Å²) in [6, 6.07) is 27.2. The standard InChI is InChI=1S/C29H28N3O2/c1-33-27-13-10-23(11-14-27)20-31-21-26(32-16-6-15-30-29(31)32)18-24-9-12-25(28(19-24)34-2)17-22-7-4-3-5-8-22/h3-16,19,21H,17-18,20H2,1-2H3/q+1. The Balaban J connectivity index is 1.42. The molecule has 2 aromatic heterocycles. The van der Waals surface area contributed by atoms with Crippen molar-refractivity contribution in [2.24, 2.45) is 0 Å². The molecule has 0 fully saturated rings. The Kier molecular flexibility index (Phi) is 6.25. The fraction of sp³-hybridized carbons (Fsp3) is 0.172. The highest BCUT2D eigenvalue weighted by Crippen LogP contribution is 2.25. The van der Waals surface area contributed by atoms with Gasteiger partial charge in [0.1, 0.15) is 29.6 Å². The molecule has 170 valence electrons. The number of ether oxygens (including phenoxy) is 2. The van der Waals surface area contributed by atoms with Crippen LogP contribution in [-0.4, -0.2) is 23.6 Å². The zero-order chi connectivity index (χ0) is 23.3. The van der Waals surface area contributed by atoms with E-state index in [1.54, 1.807) is 14.2 Å². The molecule has 0 atom stereocenters. The minimum Gasteiger partial charge on any atom is -0.497 e.